The Morgan fingerprint density at radius 3 is 2.69 bits per heavy atom. The number of thiophene rings is 1. The van der Waals surface area contributed by atoms with Crippen LogP contribution in [-0.2, 0) is 17.6 Å². The maximum absolute atomic E-state index is 13.0. The Hall–Kier alpha value is -3.17. The highest BCUT2D eigenvalue weighted by molar-refractivity contribution is 7.16. The van der Waals surface area contributed by atoms with Crippen LogP contribution >= 0.6 is 11.3 Å². The van der Waals surface area contributed by atoms with E-state index >= 15 is 0 Å². The number of rotatable bonds is 6. The van der Waals surface area contributed by atoms with Crippen LogP contribution in [0.1, 0.15) is 58.1 Å². The van der Waals surface area contributed by atoms with Crippen molar-refractivity contribution in [3.63, 3.8) is 0 Å². The normalized spacial score (nSPS) is 17.0. The molecule has 4 heterocycles. The number of carbonyl (C=O) groups excluding carboxylic acids is 2. The number of aromatic nitrogens is 1. The molecule has 3 aromatic heterocycles. The summed E-state index contributed by atoms with van der Waals surface area (Å²) in [7, 11) is 0. The van der Waals surface area contributed by atoms with E-state index in [1.165, 1.54) is 16.7 Å². The SMILES string of the molecule is CCOC(=O)N1CCN(C(c2ccccn2)c2c(NC(=O)c3ccco3)sc3c2CCCC3)CC1. The summed E-state index contributed by atoms with van der Waals surface area (Å²) in [4.78, 5) is 35.5. The van der Waals surface area contributed by atoms with Crippen molar-refractivity contribution < 1.29 is 18.7 Å². The molecule has 1 aliphatic carbocycles. The summed E-state index contributed by atoms with van der Waals surface area (Å²) < 4.78 is 10.6. The molecule has 2 amide bonds. The molecular formula is C26H30N4O4S. The smallest absolute Gasteiger partial charge is 0.409 e. The van der Waals surface area contributed by atoms with Crippen LogP contribution in [0.3, 0.4) is 0 Å². The second-order valence-corrected chi connectivity index (χ2v) is 9.87. The number of anilines is 1. The lowest BCUT2D eigenvalue weighted by atomic mass is 9.90. The van der Waals surface area contributed by atoms with E-state index in [0.717, 1.165) is 41.9 Å². The van der Waals surface area contributed by atoms with Crippen LogP contribution in [0.15, 0.2) is 47.2 Å². The van der Waals surface area contributed by atoms with Gasteiger partial charge in [-0.15, -0.1) is 11.3 Å². The maximum Gasteiger partial charge on any atom is 0.409 e. The van der Waals surface area contributed by atoms with Crippen molar-refractivity contribution in [3.8, 4) is 0 Å². The van der Waals surface area contributed by atoms with Crippen LogP contribution in [-0.4, -0.2) is 59.6 Å². The van der Waals surface area contributed by atoms with Crippen LogP contribution in [0.25, 0.3) is 0 Å². The lowest BCUT2D eigenvalue weighted by Gasteiger charge is -2.39. The van der Waals surface area contributed by atoms with Crippen molar-refractivity contribution >= 4 is 28.3 Å². The Kier molecular flexibility index (Phi) is 7.15. The van der Waals surface area contributed by atoms with E-state index in [9.17, 15) is 9.59 Å². The Morgan fingerprint density at radius 2 is 1.97 bits per heavy atom. The zero-order valence-electron chi connectivity index (χ0n) is 19.9. The van der Waals surface area contributed by atoms with Crippen molar-refractivity contribution in [1.29, 1.82) is 0 Å². The van der Waals surface area contributed by atoms with Gasteiger partial charge in [0.2, 0.25) is 0 Å². The number of fused-ring (bicyclic) bond motifs is 1. The van der Waals surface area contributed by atoms with Gasteiger partial charge in [0, 0.05) is 42.8 Å². The third-order valence-corrected chi connectivity index (χ3v) is 7.85. The summed E-state index contributed by atoms with van der Waals surface area (Å²) in [6.07, 6.45) is 7.37. The molecule has 184 valence electrons. The molecule has 0 bridgehead atoms. The third kappa shape index (κ3) is 4.97. The largest absolute Gasteiger partial charge is 0.459 e. The first-order valence-electron chi connectivity index (χ1n) is 12.2. The standard InChI is InChI=1S/C26H30N4O4S/c1-2-33-26(32)30-15-13-29(14-16-30)23(19-9-5-6-12-27-19)22-18-8-3-4-11-21(18)35-25(22)28-24(31)20-10-7-17-34-20/h5-7,9-10,12,17,23H,2-4,8,11,13-16H2,1H3,(H,28,31). The topological polar surface area (TPSA) is 87.9 Å². The molecule has 1 saturated heterocycles. The minimum absolute atomic E-state index is 0.120. The van der Waals surface area contributed by atoms with Gasteiger partial charge >= 0.3 is 6.09 Å². The fourth-order valence-corrected chi connectivity index (χ4v) is 6.29. The minimum atomic E-state index is -0.263. The second kappa shape index (κ2) is 10.6. The number of nitrogens with zero attached hydrogens (tertiary/aromatic N) is 3. The van der Waals surface area contributed by atoms with E-state index in [1.54, 1.807) is 28.4 Å². The quantitative estimate of drug-likeness (QED) is 0.533. The molecule has 5 rings (SSSR count). The van der Waals surface area contributed by atoms with Gasteiger partial charge in [-0.3, -0.25) is 14.7 Å². The molecule has 3 aromatic rings. The molecule has 0 spiro atoms. The van der Waals surface area contributed by atoms with Gasteiger partial charge in [-0.2, -0.15) is 0 Å². The van der Waals surface area contributed by atoms with Gasteiger partial charge in [0.1, 0.15) is 5.00 Å². The number of carbonyl (C=O) groups is 2. The molecule has 1 aliphatic heterocycles. The van der Waals surface area contributed by atoms with Crippen LogP contribution in [0.2, 0.25) is 0 Å². The number of amides is 2. The molecule has 1 atom stereocenters. The van der Waals surface area contributed by atoms with Gasteiger partial charge in [-0.05, 0) is 62.4 Å². The third-order valence-electron chi connectivity index (χ3n) is 6.63. The van der Waals surface area contributed by atoms with E-state index in [4.69, 9.17) is 14.1 Å². The lowest BCUT2D eigenvalue weighted by Crippen LogP contribution is -2.50. The summed E-state index contributed by atoms with van der Waals surface area (Å²) >= 11 is 1.67. The van der Waals surface area contributed by atoms with Gasteiger partial charge in [-0.1, -0.05) is 6.07 Å². The Bertz CT molecular complexity index is 1150. The zero-order valence-corrected chi connectivity index (χ0v) is 20.7. The number of hydrogen-bond acceptors (Lipinski definition) is 7. The molecule has 2 aliphatic rings. The molecular weight excluding hydrogens is 464 g/mol. The van der Waals surface area contributed by atoms with Gasteiger partial charge in [0.15, 0.2) is 5.76 Å². The molecule has 9 heteroatoms. The number of piperazine rings is 1. The van der Waals surface area contributed by atoms with E-state index in [2.05, 4.69) is 10.2 Å². The number of aryl methyl sites for hydroxylation is 1. The highest BCUT2D eigenvalue weighted by atomic mass is 32.1. The van der Waals surface area contributed by atoms with Gasteiger partial charge in [0.05, 0.1) is 24.6 Å². The van der Waals surface area contributed by atoms with Gasteiger partial charge in [-0.25, -0.2) is 4.79 Å². The summed E-state index contributed by atoms with van der Waals surface area (Å²) in [5.74, 6) is 0.0431. The molecule has 0 radical (unpaired) electrons. The van der Waals surface area contributed by atoms with Crippen molar-refractivity contribution in [2.45, 2.75) is 38.6 Å². The Labute approximate surface area is 208 Å². The highest BCUT2D eigenvalue weighted by Crippen LogP contribution is 2.45. The monoisotopic (exact) mass is 494 g/mol. The van der Waals surface area contributed by atoms with Crippen LogP contribution in [0.5, 0.6) is 0 Å². The first-order valence-corrected chi connectivity index (χ1v) is 13.0. The summed E-state index contributed by atoms with van der Waals surface area (Å²) in [5.41, 5.74) is 3.41. The summed E-state index contributed by atoms with van der Waals surface area (Å²) in [6.45, 7) is 4.75. The van der Waals surface area contributed by atoms with E-state index in [-0.39, 0.29) is 18.0 Å². The average molecular weight is 495 g/mol. The minimum Gasteiger partial charge on any atom is -0.459 e. The van der Waals surface area contributed by atoms with Crippen molar-refractivity contribution in [2.75, 3.05) is 38.1 Å². The predicted octanol–water partition coefficient (Wildman–Crippen LogP) is 4.73. The van der Waals surface area contributed by atoms with Crippen LogP contribution < -0.4 is 5.32 Å². The molecule has 1 fully saturated rings. The Morgan fingerprint density at radius 1 is 1.14 bits per heavy atom. The average Bonchev–Trinajstić information content (AvgIpc) is 3.55. The molecule has 0 saturated carbocycles. The molecule has 8 nitrogen and oxygen atoms in total. The molecule has 1 N–H and O–H groups in total. The fourth-order valence-electron chi connectivity index (χ4n) is 4.98. The Balaban J connectivity index is 1.51. The number of ether oxygens (including phenoxy) is 1. The van der Waals surface area contributed by atoms with E-state index in [1.807, 2.05) is 31.3 Å². The zero-order chi connectivity index (χ0) is 24.2. The lowest BCUT2D eigenvalue weighted by molar-refractivity contribution is 0.0709. The number of pyridine rings is 1. The number of hydrogen-bond donors (Lipinski definition) is 1. The molecule has 35 heavy (non-hydrogen) atoms. The molecule has 1 unspecified atom stereocenters. The summed E-state index contributed by atoms with van der Waals surface area (Å²) in [5, 5.41) is 4.01. The molecule has 0 aromatic carbocycles. The van der Waals surface area contributed by atoms with Gasteiger partial charge in [0.25, 0.3) is 5.91 Å². The summed E-state index contributed by atoms with van der Waals surface area (Å²) in [6, 6.07) is 9.24. The maximum atomic E-state index is 13.0. The number of furan rings is 1. The highest BCUT2D eigenvalue weighted by Gasteiger charge is 2.35. The van der Waals surface area contributed by atoms with Gasteiger partial charge < -0.3 is 19.4 Å². The fraction of sp³-hybridized carbons (Fsp3) is 0.423. The van der Waals surface area contributed by atoms with Crippen molar-refractivity contribution in [1.82, 2.24) is 14.8 Å². The first kappa shape index (κ1) is 23.6. The first-order chi connectivity index (χ1) is 17.2. The number of nitrogens with one attached hydrogen (secondary N) is 1. The predicted molar refractivity (Wildman–Crippen MR) is 134 cm³/mol. The van der Waals surface area contributed by atoms with Crippen molar-refractivity contribution in [2.24, 2.45) is 0 Å². The van der Waals surface area contributed by atoms with E-state index in [0.29, 0.717) is 38.5 Å². The van der Waals surface area contributed by atoms with Crippen molar-refractivity contribution in [3.05, 3.63) is 70.3 Å². The van der Waals surface area contributed by atoms with Crippen LogP contribution in [0, 0.1) is 0 Å². The second-order valence-electron chi connectivity index (χ2n) is 8.76. The van der Waals surface area contributed by atoms with Crippen LogP contribution in [0.4, 0.5) is 9.80 Å². The van der Waals surface area contributed by atoms with E-state index < -0.39 is 0 Å².